The summed E-state index contributed by atoms with van der Waals surface area (Å²) in [6.07, 6.45) is 6.07. The highest BCUT2D eigenvalue weighted by molar-refractivity contribution is 7.14. The van der Waals surface area contributed by atoms with Crippen LogP contribution in [0.25, 0.3) is 16.8 Å². The second-order valence-corrected chi connectivity index (χ2v) is 8.74. The molecule has 0 unspecified atom stereocenters. The van der Waals surface area contributed by atoms with Crippen LogP contribution in [-0.2, 0) is 6.42 Å². The number of nitrogens with one attached hydrogen (secondary N) is 1. The fourth-order valence-electron chi connectivity index (χ4n) is 3.71. The molecule has 1 aliphatic carbocycles. The van der Waals surface area contributed by atoms with Crippen LogP contribution in [0.2, 0.25) is 5.02 Å². The Labute approximate surface area is 175 Å². The van der Waals surface area contributed by atoms with Crippen LogP contribution in [-0.4, -0.2) is 38.5 Å². The fourth-order valence-corrected chi connectivity index (χ4v) is 4.87. The van der Waals surface area contributed by atoms with E-state index < -0.39 is 23.9 Å². The highest BCUT2D eigenvalue weighted by atomic mass is 35.5. The van der Waals surface area contributed by atoms with Crippen LogP contribution < -0.4 is 11.1 Å². The number of fused-ring (bicyclic) bond motifs is 1. The van der Waals surface area contributed by atoms with E-state index in [1.807, 2.05) is 6.92 Å². The molecular weight excluding hydrogens is 420 g/mol. The van der Waals surface area contributed by atoms with E-state index in [0.29, 0.717) is 34.8 Å². The van der Waals surface area contributed by atoms with Gasteiger partial charge in [-0.1, -0.05) is 18.5 Å². The highest BCUT2D eigenvalue weighted by Crippen LogP contribution is 2.36. The Morgan fingerprint density at radius 3 is 2.97 bits per heavy atom. The maximum absolute atomic E-state index is 14.3. The first-order chi connectivity index (χ1) is 13.8. The molecule has 3 N–H and O–H groups in total. The third-order valence-corrected chi connectivity index (χ3v) is 6.66. The van der Waals surface area contributed by atoms with Crippen molar-refractivity contribution in [2.45, 2.75) is 50.6 Å². The number of halogens is 3. The number of aryl methyl sites for hydroxylation is 1. The molecule has 1 saturated carbocycles. The Balaban J connectivity index is 1.66. The maximum atomic E-state index is 14.3. The van der Waals surface area contributed by atoms with Crippen LogP contribution in [0.5, 0.6) is 0 Å². The molecule has 6 nitrogen and oxygen atoms in total. The smallest absolute Gasteiger partial charge is 0.269 e. The van der Waals surface area contributed by atoms with E-state index in [9.17, 15) is 13.6 Å². The number of amides is 1. The quantitative estimate of drug-likeness (QED) is 0.645. The Morgan fingerprint density at radius 2 is 2.24 bits per heavy atom. The number of thiophene rings is 1. The molecule has 1 aliphatic rings. The Hall–Kier alpha value is -2.10. The van der Waals surface area contributed by atoms with Gasteiger partial charge in [-0.05, 0) is 25.3 Å². The molecule has 0 bridgehead atoms. The average molecular weight is 440 g/mol. The summed E-state index contributed by atoms with van der Waals surface area (Å²) in [5, 5.41) is 7.19. The van der Waals surface area contributed by atoms with Crippen molar-refractivity contribution in [1.82, 2.24) is 19.9 Å². The van der Waals surface area contributed by atoms with Crippen molar-refractivity contribution in [3.05, 3.63) is 39.4 Å². The van der Waals surface area contributed by atoms with Gasteiger partial charge in [0, 0.05) is 34.7 Å². The van der Waals surface area contributed by atoms with E-state index in [4.69, 9.17) is 17.3 Å². The topological polar surface area (TPSA) is 85.3 Å². The molecule has 2 atom stereocenters. The summed E-state index contributed by atoms with van der Waals surface area (Å²) in [7, 11) is 0. The van der Waals surface area contributed by atoms with Crippen LogP contribution in [0.15, 0.2) is 24.7 Å². The molecule has 10 heteroatoms. The second-order valence-electron chi connectivity index (χ2n) is 7.17. The van der Waals surface area contributed by atoms with Gasteiger partial charge in [-0.25, -0.2) is 18.3 Å². The third kappa shape index (κ3) is 3.74. The first kappa shape index (κ1) is 20.2. The molecule has 3 aromatic rings. The highest BCUT2D eigenvalue weighted by Gasteiger charge is 2.46. The van der Waals surface area contributed by atoms with Gasteiger partial charge in [-0.15, -0.1) is 11.3 Å². The molecule has 0 spiro atoms. The predicted molar refractivity (Wildman–Crippen MR) is 109 cm³/mol. The normalized spacial score (nSPS) is 21.4. The number of alkyl halides is 2. The van der Waals surface area contributed by atoms with Gasteiger partial charge in [0.25, 0.3) is 11.8 Å². The molecule has 154 valence electrons. The number of aromatic nitrogens is 3. The Kier molecular flexibility index (Phi) is 5.30. The molecule has 29 heavy (non-hydrogen) atoms. The van der Waals surface area contributed by atoms with E-state index in [-0.39, 0.29) is 6.42 Å². The van der Waals surface area contributed by atoms with Crippen molar-refractivity contribution >= 4 is 34.5 Å². The summed E-state index contributed by atoms with van der Waals surface area (Å²) in [5.41, 5.74) is 8.05. The van der Waals surface area contributed by atoms with E-state index in [1.54, 1.807) is 23.0 Å². The fraction of sp³-hybridized carbons (Fsp3) is 0.421. The van der Waals surface area contributed by atoms with Crippen molar-refractivity contribution < 1.29 is 13.6 Å². The monoisotopic (exact) mass is 439 g/mol. The van der Waals surface area contributed by atoms with Gasteiger partial charge >= 0.3 is 0 Å². The largest absolute Gasteiger partial charge is 0.341 e. The van der Waals surface area contributed by atoms with Crippen LogP contribution in [0.1, 0.15) is 40.7 Å². The summed E-state index contributed by atoms with van der Waals surface area (Å²) in [5.74, 6) is -3.54. The molecule has 3 aromatic heterocycles. The minimum atomic E-state index is -3.01. The van der Waals surface area contributed by atoms with Gasteiger partial charge in [0.1, 0.15) is 6.04 Å². The molecule has 0 saturated heterocycles. The summed E-state index contributed by atoms with van der Waals surface area (Å²) >= 11 is 7.24. The molecule has 0 aromatic carbocycles. The maximum Gasteiger partial charge on any atom is 0.269 e. The van der Waals surface area contributed by atoms with Crippen molar-refractivity contribution in [3.8, 4) is 11.1 Å². The SMILES string of the molecule is CCc1sc(C(=O)N[C@@H]2[C@H](N)CCCC2(F)F)cc1-c1cnn2cc(Cl)cnc12. The van der Waals surface area contributed by atoms with Gasteiger partial charge in [-0.3, -0.25) is 4.79 Å². The number of rotatable bonds is 4. The Morgan fingerprint density at radius 1 is 1.45 bits per heavy atom. The van der Waals surface area contributed by atoms with Crippen LogP contribution >= 0.6 is 22.9 Å². The zero-order valence-electron chi connectivity index (χ0n) is 15.7. The standard InChI is InChI=1S/C19H20ClF2N5OS/c1-2-14-11(12-8-25-27-9-10(20)7-24-17(12)27)6-15(29-14)18(28)26-16-13(23)4-3-5-19(16,21)22/h6-9,13,16H,2-5,23H2,1H3,(H,26,28)/t13-,16-/m1/s1. The predicted octanol–water partition coefficient (Wildman–Crippen LogP) is 3.92. The first-order valence-corrected chi connectivity index (χ1v) is 10.6. The van der Waals surface area contributed by atoms with Crippen LogP contribution in [0, 0.1) is 0 Å². The lowest BCUT2D eigenvalue weighted by atomic mass is 9.87. The van der Waals surface area contributed by atoms with Crippen molar-refractivity contribution in [2.24, 2.45) is 5.73 Å². The van der Waals surface area contributed by atoms with Crippen LogP contribution in [0.4, 0.5) is 8.78 Å². The minimum absolute atomic E-state index is 0.266. The molecule has 0 aliphatic heterocycles. The minimum Gasteiger partial charge on any atom is -0.341 e. The van der Waals surface area contributed by atoms with Gasteiger partial charge < -0.3 is 11.1 Å². The number of nitrogens with two attached hydrogens (primary N) is 1. The van der Waals surface area contributed by atoms with Crippen molar-refractivity contribution in [1.29, 1.82) is 0 Å². The summed E-state index contributed by atoms with van der Waals surface area (Å²) in [6, 6.07) is -0.417. The number of carbonyl (C=O) groups excluding carboxylic acids is 1. The summed E-state index contributed by atoms with van der Waals surface area (Å²) in [4.78, 5) is 18.4. The Bertz CT molecular complexity index is 1070. The summed E-state index contributed by atoms with van der Waals surface area (Å²) in [6.45, 7) is 1.97. The molecule has 1 amide bonds. The van der Waals surface area contributed by atoms with Gasteiger partial charge in [0.2, 0.25) is 0 Å². The second kappa shape index (κ2) is 7.62. The van der Waals surface area contributed by atoms with E-state index in [1.165, 1.54) is 17.5 Å². The number of nitrogens with zero attached hydrogens (tertiary/aromatic N) is 3. The van der Waals surface area contributed by atoms with Crippen molar-refractivity contribution in [3.63, 3.8) is 0 Å². The third-order valence-electron chi connectivity index (χ3n) is 5.19. The zero-order chi connectivity index (χ0) is 20.8. The average Bonchev–Trinajstić information content (AvgIpc) is 3.27. The molecule has 0 radical (unpaired) electrons. The lowest BCUT2D eigenvalue weighted by Gasteiger charge is -2.36. The van der Waals surface area contributed by atoms with Gasteiger partial charge in [0.05, 0.1) is 22.3 Å². The zero-order valence-corrected chi connectivity index (χ0v) is 17.2. The van der Waals surface area contributed by atoms with Crippen molar-refractivity contribution in [2.75, 3.05) is 0 Å². The van der Waals surface area contributed by atoms with E-state index >= 15 is 0 Å². The summed E-state index contributed by atoms with van der Waals surface area (Å²) < 4.78 is 30.1. The molecule has 1 fully saturated rings. The van der Waals surface area contributed by atoms with E-state index in [0.717, 1.165) is 16.0 Å². The van der Waals surface area contributed by atoms with Gasteiger partial charge in [-0.2, -0.15) is 5.10 Å². The number of hydrogen-bond donors (Lipinski definition) is 2. The number of hydrogen-bond acceptors (Lipinski definition) is 5. The van der Waals surface area contributed by atoms with E-state index in [2.05, 4.69) is 15.4 Å². The lowest BCUT2D eigenvalue weighted by Crippen LogP contribution is -2.59. The first-order valence-electron chi connectivity index (χ1n) is 9.36. The molecular formula is C19H20ClF2N5OS. The van der Waals surface area contributed by atoms with Gasteiger partial charge in [0.15, 0.2) is 5.65 Å². The van der Waals surface area contributed by atoms with Crippen LogP contribution in [0.3, 0.4) is 0 Å². The molecule has 3 heterocycles. The lowest BCUT2D eigenvalue weighted by molar-refractivity contribution is -0.0674. The molecule has 4 rings (SSSR count). The number of carbonyl (C=O) groups is 1.